The second kappa shape index (κ2) is 7.39. The third-order valence-electron chi connectivity index (χ3n) is 3.71. The molecule has 1 heterocycles. The molecule has 26 heavy (non-hydrogen) atoms. The Morgan fingerprint density at radius 2 is 1.88 bits per heavy atom. The van der Waals surface area contributed by atoms with Crippen molar-refractivity contribution in [3.05, 3.63) is 70.7 Å². The molecule has 134 valence electrons. The van der Waals surface area contributed by atoms with E-state index in [2.05, 4.69) is 9.71 Å². The molecule has 3 aromatic rings. The Bertz CT molecular complexity index is 1060. The number of aryl methyl sites for hydroxylation is 2. The number of nitrogens with one attached hydrogen (secondary N) is 1. The zero-order valence-electron chi connectivity index (χ0n) is 14.4. The molecule has 0 spiro atoms. The molecule has 7 heteroatoms. The van der Waals surface area contributed by atoms with E-state index < -0.39 is 15.9 Å². The average Bonchev–Trinajstić information content (AvgIpc) is 3.01. The first-order valence-corrected chi connectivity index (χ1v) is 10.3. The lowest BCUT2D eigenvalue weighted by atomic mass is 10.1. The molecule has 1 aromatic heterocycles. The molecule has 0 fully saturated rings. The molecule has 0 radical (unpaired) electrons. The van der Waals surface area contributed by atoms with E-state index >= 15 is 0 Å². The monoisotopic (exact) mass is 386 g/mol. The highest BCUT2D eigenvalue weighted by atomic mass is 32.2. The maximum atomic E-state index is 12.5. The number of carbonyl (C=O) groups is 1. The fourth-order valence-corrected chi connectivity index (χ4v) is 4.36. The number of aromatic nitrogens is 1. The second-order valence-electron chi connectivity index (χ2n) is 6.02. The molecule has 5 nitrogen and oxygen atoms in total. The fourth-order valence-electron chi connectivity index (χ4n) is 2.54. The van der Waals surface area contributed by atoms with Gasteiger partial charge in [-0.05, 0) is 31.5 Å². The minimum atomic E-state index is -3.94. The molecule has 0 aliphatic carbocycles. The molecule has 3 rings (SSSR count). The van der Waals surface area contributed by atoms with Crippen LogP contribution < -0.4 is 4.72 Å². The number of sulfonamides is 1. The van der Waals surface area contributed by atoms with Gasteiger partial charge in [0.2, 0.25) is 5.91 Å². The lowest BCUT2D eigenvalue weighted by Crippen LogP contribution is -2.31. The van der Waals surface area contributed by atoms with Crippen LogP contribution in [0.25, 0.3) is 10.6 Å². The normalized spacial score (nSPS) is 11.3. The summed E-state index contributed by atoms with van der Waals surface area (Å²) in [6, 6.07) is 13.8. The van der Waals surface area contributed by atoms with E-state index in [4.69, 9.17) is 0 Å². The Labute approximate surface area is 156 Å². The van der Waals surface area contributed by atoms with E-state index in [1.54, 1.807) is 18.2 Å². The highest BCUT2D eigenvalue weighted by Gasteiger charge is 2.19. The highest BCUT2D eigenvalue weighted by molar-refractivity contribution is 7.90. The first-order valence-electron chi connectivity index (χ1n) is 7.97. The summed E-state index contributed by atoms with van der Waals surface area (Å²) in [6.07, 6.45) is 0.00623. The SMILES string of the molecule is Cc1cccc(CC(=O)NS(=O)(=O)c2cccc(-c3nc(C)cs3)c2)c1. The van der Waals surface area contributed by atoms with Crippen molar-refractivity contribution >= 4 is 27.3 Å². The summed E-state index contributed by atoms with van der Waals surface area (Å²) in [5.74, 6) is -0.564. The van der Waals surface area contributed by atoms with E-state index in [1.165, 1.54) is 23.5 Å². The third kappa shape index (κ3) is 4.36. The van der Waals surface area contributed by atoms with Crippen molar-refractivity contribution in [2.45, 2.75) is 25.2 Å². The molecular formula is C19H18N2O3S2. The first kappa shape index (κ1) is 18.3. The largest absolute Gasteiger partial charge is 0.274 e. The van der Waals surface area contributed by atoms with Gasteiger partial charge in [-0.2, -0.15) is 0 Å². The van der Waals surface area contributed by atoms with Crippen LogP contribution in [0.2, 0.25) is 0 Å². The van der Waals surface area contributed by atoms with E-state index in [0.29, 0.717) is 5.56 Å². The highest BCUT2D eigenvalue weighted by Crippen LogP contribution is 2.25. The Kier molecular flexibility index (Phi) is 5.20. The standard InChI is InChI=1S/C19H18N2O3S2/c1-13-5-3-6-15(9-13)10-18(22)21-26(23,24)17-8-4-7-16(11-17)19-20-14(2)12-25-19/h3-9,11-12H,10H2,1-2H3,(H,21,22). The second-order valence-corrected chi connectivity index (χ2v) is 8.56. The van der Waals surface area contributed by atoms with Crippen LogP contribution in [0.5, 0.6) is 0 Å². The van der Waals surface area contributed by atoms with Crippen molar-refractivity contribution in [2.24, 2.45) is 0 Å². The summed E-state index contributed by atoms with van der Waals surface area (Å²) in [4.78, 5) is 16.6. The van der Waals surface area contributed by atoms with Crippen LogP contribution in [0.3, 0.4) is 0 Å². The number of rotatable bonds is 5. The van der Waals surface area contributed by atoms with E-state index in [0.717, 1.165) is 21.8 Å². The zero-order chi connectivity index (χ0) is 18.7. The van der Waals surface area contributed by atoms with Crippen LogP contribution in [0.1, 0.15) is 16.8 Å². The number of nitrogens with zero attached hydrogens (tertiary/aromatic N) is 1. The molecule has 0 saturated carbocycles. The Morgan fingerprint density at radius 1 is 1.12 bits per heavy atom. The zero-order valence-corrected chi connectivity index (χ0v) is 16.0. The molecule has 0 bridgehead atoms. The minimum absolute atomic E-state index is 0.00623. The van der Waals surface area contributed by atoms with Crippen molar-refractivity contribution in [2.75, 3.05) is 0 Å². The lowest BCUT2D eigenvalue weighted by Gasteiger charge is -2.08. The molecule has 1 amide bonds. The van der Waals surface area contributed by atoms with Crippen LogP contribution in [0.15, 0.2) is 58.8 Å². The van der Waals surface area contributed by atoms with Crippen molar-refractivity contribution in [1.82, 2.24) is 9.71 Å². The maximum absolute atomic E-state index is 12.5. The summed E-state index contributed by atoms with van der Waals surface area (Å²) < 4.78 is 27.2. The molecule has 0 unspecified atom stereocenters. The van der Waals surface area contributed by atoms with Gasteiger partial charge in [0.1, 0.15) is 5.01 Å². The maximum Gasteiger partial charge on any atom is 0.264 e. The van der Waals surface area contributed by atoms with E-state index in [9.17, 15) is 13.2 Å². The minimum Gasteiger partial charge on any atom is -0.274 e. The topological polar surface area (TPSA) is 76.1 Å². The van der Waals surface area contributed by atoms with Gasteiger partial charge in [-0.3, -0.25) is 4.79 Å². The molecular weight excluding hydrogens is 368 g/mol. The predicted molar refractivity (Wildman–Crippen MR) is 102 cm³/mol. The first-order chi connectivity index (χ1) is 12.3. The van der Waals surface area contributed by atoms with Gasteiger partial charge in [0, 0.05) is 16.6 Å². The van der Waals surface area contributed by atoms with E-state index in [1.807, 2.05) is 37.4 Å². The van der Waals surface area contributed by atoms with Crippen LogP contribution in [0.4, 0.5) is 0 Å². The summed E-state index contributed by atoms with van der Waals surface area (Å²) in [5, 5.41) is 2.64. The predicted octanol–water partition coefficient (Wildman–Crippen LogP) is 3.47. The van der Waals surface area contributed by atoms with Crippen LogP contribution in [0, 0.1) is 13.8 Å². The van der Waals surface area contributed by atoms with Gasteiger partial charge in [0.05, 0.1) is 11.3 Å². The Hall–Kier alpha value is -2.51. The number of hydrogen-bond donors (Lipinski definition) is 1. The number of thiazole rings is 1. The third-order valence-corrected chi connectivity index (χ3v) is 6.09. The lowest BCUT2D eigenvalue weighted by molar-refractivity contribution is -0.118. The quantitative estimate of drug-likeness (QED) is 0.728. The summed E-state index contributed by atoms with van der Waals surface area (Å²) in [5.41, 5.74) is 3.37. The van der Waals surface area contributed by atoms with Crippen LogP contribution in [-0.4, -0.2) is 19.3 Å². The number of benzene rings is 2. The molecule has 0 aliphatic heterocycles. The number of amides is 1. The van der Waals surface area contributed by atoms with Gasteiger partial charge >= 0.3 is 0 Å². The van der Waals surface area contributed by atoms with Gasteiger partial charge in [0.15, 0.2) is 0 Å². The van der Waals surface area contributed by atoms with E-state index in [-0.39, 0.29) is 11.3 Å². The molecule has 0 atom stereocenters. The van der Waals surface area contributed by atoms with Crippen molar-refractivity contribution < 1.29 is 13.2 Å². The number of carbonyl (C=O) groups excluding carboxylic acids is 1. The summed E-state index contributed by atoms with van der Waals surface area (Å²) >= 11 is 1.45. The molecule has 1 N–H and O–H groups in total. The smallest absolute Gasteiger partial charge is 0.264 e. The molecule has 0 aliphatic rings. The summed E-state index contributed by atoms with van der Waals surface area (Å²) in [7, 11) is -3.94. The van der Waals surface area contributed by atoms with Crippen LogP contribution >= 0.6 is 11.3 Å². The Morgan fingerprint density at radius 3 is 2.58 bits per heavy atom. The van der Waals surface area contributed by atoms with Crippen molar-refractivity contribution in [3.63, 3.8) is 0 Å². The number of hydrogen-bond acceptors (Lipinski definition) is 5. The van der Waals surface area contributed by atoms with Gasteiger partial charge in [-0.1, -0.05) is 42.0 Å². The van der Waals surface area contributed by atoms with Crippen molar-refractivity contribution in [1.29, 1.82) is 0 Å². The fraction of sp³-hybridized carbons (Fsp3) is 0.158. The molecule has 0 saturated heterocycles. The summed E-state index contributed by atoms with van der Waals surface area (Å²) in [6.45, 7) is 3.80. The van der Waals surface area contributed by atoms with Crippen molar-refractivity contribution in [3.8, 4) is 10.6 Å². The Balaban J connectivity index is 1.78. The molecule has 2 aromatic carbocycles. The van der Waals surface area contributed by atoms with Gasteiger partial charge in [-0.15, -0.1) is 11.3 Å². The van der Waals surface area contributed by atoms with Gasteiger partial charge in [0.25, 0.3) is 10.0 Å². The van der Waals surface area contributed by atoms with Gasteiger partial charge < -0.3 is 0 Å². The van der Waals surface area contributed by atoms with Gasteiger partial charge in [-0.25, -0.2) is 18.1 Å². The van der Waals surface area contributed by atoms with Crippen LogP contribution in [-0.2, 0) is 21.2 Å². The average molecular weight is 386 g/mol.